The number of hydrogen-bond donors (Lipinski definition) is 1. The minimum absolute atomic E-state index is 0.368. The molecule has 1 rings (SSSR count). The Bertz CT molecular complexity index is 311. The molecule has 0 aromatic heterocycles. The molecule has 0 saturated heterocycles. The first kappa shape index (κ1) is 13.0. The molecule has 2 nitrogen and oxygen atoms in total. The highest BCUT2D eigenvalue weighted by atomic mass is 16.5. The zero-order valence-electron chi connectivity index (χ0n) is 10.8. The summed E-state index contributed by atoms with van der Waals surface area (Å²) in [5.41, 5.74) is 1.27. The predicted molar refractivity (Wildman–Crippen MR) is 68.9 cm³/mol. The van der Waals surface area contributed by atoms with Crippen molar-refractivity contribution in [2.75, 3.05) is 13.7 Å². The van der Waals surface area contributed by atoms with Crippen LogP contribution in [-0.4, -0.2) is 13.7 Å². The molecule has 0 aliphatic rings. The molecular formula is C14H23NO. The number of para-hydroxylation sites is 1. The summed E-state index contributed by atoms with van der Waals surface area (Å²) >= 11 is 0. The van der Waals surface area contributed by atoms with Gasteiger partial charge in [0, 0.05) is 11.6 Å². The minimum Gasteiger partial charge on any atom is -0.494 e. The number of rotatable bonds is 6. The zero-order valence-corrected chi connectivity index (χ0v) is 10.8. The maximum atomic E-state index is 5.67. The lowest BCUT2D eigenvalue weighted by molar-refractivity contribution is 0.320. The minimum atomic E-state index is 0.368. The summed E-state index contributed by atoms with van der Waals surface area (Å²) in [7, 11) is 2.01. The first-order valence-electron chi connectivity index (χ1n) is 6.13. The van der Waals surface area contributed by atoms with E-state index in [9.17, 15) is 0 Å². The van der Waals surface area contributed by atoms with Gasteiger partial charge < -0.3 is 10.1 Å². The lowest BCUT2D eigenvalue weighted by Crippen LogP contribution is -2.23. The van der Waals surface area contributed by atoms with Gasteiger partial charge in [-0.05, 0) is 26.0 Å². The third kappa shape index (κ3) is 2.99. The van der Waals surface area contributed by atoms with E-state index in [1.54, 1.807) is 0 Å². The molecule has 0 heterocycles. The van der Waals surface area contributed by atoms with Crippen molar-refractivity contribution >= 4 is 0 Å². The van der Waals surface area contributed by atoms with E-state index < -0.39 is 0 Å². The first-order valence-corrected chi connectivity index (χ1v) is 6.13. The van der Waals surface area contributed by atoms with Crippen LogP contribution in [0.1, 0.15) is 38.8 Å². The van der Waals surface area contributed by atoms with E-state index in [1.807, 2.05) is 26.1 Å². The number of hydrogen-bond acceptors (Lipinski definition) is 2. The highest BCUT2D eigenvalue weighted by Crippen LogP contribution is 2.31. The van der Waals surface area contributed by atoms with E-state index in [2.05, 4.69) is 31.3 Å². The largest absolute Gasteiger partial charge is 0.494 e. The summed E-state index contributed by atoms with van der Waals surface area (Å²) in [6, 6.07) is 8.67. The molecule has 0 aliphatic heterocycles. The third-order valence-corrected chi connectivity index (χ3v) is 3.08. The van der Waals surface area contributed by atoms with Gasteiger partial charge in [-0.3, -0.25) is 0 Å². The molecule has 1 N–H and O–H groups in total. The van der Waals surface area contributed by atoms with E-state index >= 15 is 0 Å². The van der Waals surface area contributed by atoms with Crippen molar-refractivity contribution in [3.8, 4) is 5.75 Å². The van der Waals surface area contributed by atoms with Crippen LogP contribution in [0.5, 0.6) is 5.75 Å². The molecule has 0 spiro atoms. The predicted octanol–water partition coefficient (Wildman–Crippen LogP) is 3.39. The van der Waals surface area contributed by atoms with Gasteiger partial charge in [-0.1, -0.05) is 38.5 Å². The monoisotopic (exact) mass is 221 g/mol. The molecule has 0 amide bonds. The molecule has 2 heteroatoms. The Morgan fingerprint density at radius 3 is 2.50 bits per heavy atom. The Labute approximate surface area is 99.0 Å². The second-order valence-electron chi connectivity index (χ2n) is 4.12. The number of nitrogens with one attached hydrogen (secondary N) is 1. The van der Waals surface area contributed by atoms with Crippen molar-refractivity contribution in [2.24, 2.45) is 5.92 Å². The second kappa shape index (κ2) is 6.54. The molecule has 16 heavy (non-hydrogen) atoms. The van der Waals surface area contributed by atoms with Crippen LogP contribution in [0.2, 0.25) is 0 Å². The van der Waals surface area contributed by atoms with Crippen molar-refractivity contribution in [3.05, 3.63) is 29.8 Å². The average Bonchev–Trinajstić information content (AvgIpc) is 2.32. The Balaban J connectivity index is 2.98. The van der Waals surface area contributed by atoms with Gasteiger partial charge in [-0.15, -0.1) is 0 Å². The standard InChI is InChI=1S/C14H23NO/c1-5-11(3)14(15-4)12-9-7-8-10-13(12)16-6-2/h7-11,14-15H,5-6H2,1-4H3. The van der Waals surface area contributed by atoms with Crippen LogP contribution in [-0.2, 0) is 0 Å². The van der Waals surface area contributed by atoms with Crippen LogP contribution in [0.3, 0.4) is 0 Å². The number of ether oxygens (including phenoxy) is 1. The van der Waals surface area contributed by atoms with E-state index in [0.29, 0.717) is 18.6 Å². The fraction of sp³-hybridized carbons (Fsp3) is 0.571. The van der Waals surface area contributed by atoms with Gasteiger partial charge in [0.2, 0.25) is 0 Å². The maximum absolute atomic E-state index is 5.67. The molecule has 1 aromatic rings. The average molecular weight is 221 g/mol. The summed E-state index contributed by atoms with van der Waals surface area (Å²) in [5.74, 6) is 1.61. The van der Waals surface area contributed by atoms with Crippen LogP contribution in [0.25, 0.3) is 0 Å². The summed E-state index contributed by atoms with van der Waals surface area (Å²) in [6.45, 7) is 7.23. The maximum Gasteiger partial charge on any atom is 0.124 e. The Kier molecular flexibility index (Phi) is 5.33. The molecule has 0 saturated carbocycles. The van der Waals surface area contributed by atoms with Crippen LogP contribution in [0.15, 0.2) is 24.3 Å². The molecule has 0 bridgehead atoms. The zero-order chi connectivity index (χ0) is 12.0. The summed E-state index contributed by atoms with van der Waals surface area (Å²) in [5, 5.41) is 3.39. The lowest BCUT2D eigenvalue weighted by atomic mass is 9.92. The first-order chi connectivity index (χ1) is 7.74. The van der Waals surface area contributed by atoms with E-state index in [-0.39, 0.29) is 0 Å². The molecule has 2 unspecified atom stereocenters. The smallest absolute Gasteiger partial charge is 0.124 e. The number of benzene rings is 1. The summed E-state index contributed by atoms with van der Waals surface area (Å²) < 4.78 is 5.67. The fourth-order valence-electron chi connectivity index (χ4n) is 2.01. The Morgan fingerprint density at radius 1 is 1.25 bits per heavy atom. The molecule has 0 fully saturated rings. The van der Waals surface area contributed by atoms with Crippen LogP contribution < -0.4 is 10.1 Å². The van der Waals surface area contributed by atoms with E-state index in [0.717, 1.165) is 12.2 Å². The fourth-order valence-corrected chi connectivity index (χ4v) is 2.01. The quantitative estimate of drug-likeness (QED) is 0.795. The van der Waals surface area contributed by atoms with Gasteiger partial charge in [0.25, 0.3) is 0 Å². The molecule has 2 atom stereocenters. The Hall–Kier alpha value is -1.02. The van der Waals surface area contributed by atoms with Gasteiger partial charge in [0.1, 0.15) is 5.75 Å². The normalized spacial score (nSPS) is 14.5. The topological polar surface area (TPSA) is 21.3 Å². The van der Waals surface area contributed by atoms with Crippen molar-refractivity contribution in [1.29, 1.82) is 0 Å². The third-order valence-electron chi connectivity index (χ3n) is 3.08. The molecule has 0 radical (unpaired) electrons. The summed E-state index contributed by atoms with van der Waals surface area (Å²) in [6.07, 6.45) is 1.16. The van der Waals surface area contributed by atoms with Crippen molar-refractivity contribution in [1.82, 2.24) is 5.32 Å². The SMILES string of the molecule is CCOc1ccccc1C(NC)C(C)CC. The van der Waals surface area contributed by atoms with E-state index in [4.69, 9.17) is 4.74 Å². The van der Waals surface area contributed by atoms with Crippen molar-refractivity contribution in [2.45, 2.75) is 33.2 Å². The lowest BCUT2D eigenvalue weighted by Gasteiger charge is -2.25. The van der Waals surface area contributed by atoms with Gasteiger partial charge in [-0.25, -0.2) is 0 Å². The van der Waals surface area contributed by atoms with Crippen LogP contribution in [0.4, 0.5) is 0 Å². The highest BCUT2D eigenvalue weighted by Gasteiger charge is 2.19. The Morgan fingerprint density at radius 2 is 1.94 bits per heavy atom. The van der Waals surface area contributed by atoms with Crippen molar-refractivity contribution in [3.63, 3.8) is 0 Å². The summed E-state index contributed by atoms with van der Waals surface area (Å²) in [4.78, 5) is 0. The highest BCUT2D eigenvalue weighted by molar-refractivity contribution is 5.36. The molecule has 90 valence electrons. The van der Waals surface area contributed by atoms with Gasteiger partial charge in [0.15, 0.2) is 0 Å². The molecule has 1 aromatic carbocycles. The van der Waals surface area contributed by atoms with Crippen molar-refractivity contribution < 1.29 is 4.74 Å². The van der Waals surface area contributed by atoms with Gasteiger partial charge in [0.05, 0.1) is 6.61 Å². The molecule has 0 aliphatic carbocycles. The van der Waals surface area contributed by atoms with Crippen LogP contribution in [0, 0.1) is 5.92 Å². The second-order valence-corrected chi connectivity index (χ2v) is 4.12. The molecular weight excluding hydrogens is 198 g/mol. The van der Waals surface area contributed by atoms with E-state index in [1.165, 1.54) is 5.56 Å². The van der Waals surface area contributed by atoms with Gasteiger partial charge >= 0.3 is 0 Å². The van der Waals surface area contributed by atoms with Crippen LogP contribution >= 0.6 is 0 Å². The van der Waals surface area contributed by atoms with Gasteiger partial charge in [-0.2, -0.15) is 0 Å².